The largest absolute Gasteiger partial charge is 0.344 e. The first-order chi connectivity index (χ1) is 20.3. The molecule has 0 spiro atoms. The number of hydrogen-bond acceptors (Lipinski definition) is 0. The van der Waals surface area contributed by atoms with Gasteiger partial charge in [0.2, 0.25) is 0 Å². The van der Waals surface area contributed by atoms with E-state index in [4.69, 9.17) is 0 Å². The average Bonchev–Trinajstić information content (AvgIpc) is 3.52. The predicted octanol–water partition coefficient (Wildman–Crippen LogP) is 10.4. The molecule has 41 heavy (non-hydrogen) atoms. The lowest BCUT2D eigenvalue weighted by Crippen LogP contribution is -1.95. The average molecular weight is 523 g/mol. The van der Waals surface area contributed by atoms with Gasteiger partial charge >= 0.3 is 0 Å². The minimum atomic E-state index is 1.21. The molecule has 0 aliphatic carbocycles. The van der Waals surface area contributed by atoms with E-state index in [1.165, 1.54) is 82.0 Å². The number of aromatic nitrogens is 2. The van der Waals surface area contributed by atoms with Crippen LogP contribution in [-0.4, -0.2) is 9.13 Å². The number of fused-ring (bicyclic) bond motifs is 9. The summed E-state index contributed by atoms with van der Waals surface area (Å²) in [7, 11) is 2.17. The number of aryl methyl sites for hydroxylation is 1. The van der Waals surface area contributed by atoms with E-state index in [0.29, 0.717) is 0 Å². The van der Waals surface area contributed by atoms with Gasteiger partial charge in [0.05, 0.1) is 16.7 Å². The molecule has 2 heterocycles. The Kier molecular flexibility index (Phi) is 4.57. The molecule has 0 unspecified atom stereocenters. The van der Waals surface area contributed by atoms with E-state index in [1.807, 2.05) is 0 Å². The molecule has 0 saturated heterocycles. The van der Waals surface area contributed by atoms with Gasteiger partial charge in [0, 0.05) is 45.0 Å². The molecule has 0 saturated carbocycles. The zero-order chi connectivity index (χ0) is 27.1. The van der Waals surface area contributed by atoms with Gasteiger partial charge in [-0.25, -0.2) is 0 Å². The second kappa shape index (κ2) is 8.33. The van der Waals surface area contributed by atoms with Gasteiger partial charge in [0.1, 0.15) is 0 Å². The topological polar surface area (TPSA) is 9.86 Å². The summed E-state index contributed by atoms with van der Waals surface area (Å²) in [5.41, 5.74) is 8.67. The molecule has 0 amide bonds. The van der Waals surface area contributed by atoms with Crippen molar-refractivity contribution < 1.29 is 0 Å². The maximum atomic E-state index is 2.43. The summed E-state index contributed by atoms with van der Waals surface area (Å²) in [6, 6.07) is 51.1. The zero-order valence-electron chi connectivity index (χ0n) is 22.7. The number of nitrogens with zero attached hydrogens (tertiary/aromatic N) is 2. The van der Waals surface area contributed by atoms with Gasteiger partial charge in [0.25, 0.3) is 0 Å². The summed E-state index contributed by atoms with van der Waals surface area (Å²) in [6.45, 7) is 0. The molecule has 0 N–H and O–H groups in total. The van der Waals surface area contributed by atoms with E-state index in [0.717, 1.165) is 0 Å². The molecule has 9 rings (SSSR count). The van der Waals surface area contributed by atoms with Gasteiger partial charge in [-0.1, -0.05) is 97.1 Å². The molecule has 0 atom stereocenters. The Morgan fingerprint density at radius 2 is 0.976 bits per heavy atom. The van der Waals surface area contributed by atoms with E-state index in [1.54, 1.807) is 0 Å². The smallest absolute Gasteiger partial charge is 0.0541 e. The molecule has 2 aromatic heterocycles. The van der Waals surface area contributed by atoms with E-state index < -0.39 is 0 Å². The van der Waals surface area contributed by atoms with Crippen LogP contribution < -0.4 is 0 Å². The van der Waals surface area contributed by atoms with Gasteiger partial charge in [-0.15, -0.1) is 0 Å². The van der Waals surface area contributed by atoms with Gasteiger partial charge in [-0.3, -0.25) is 0 Å². The predicted molar refractivity (Wildman–Crippen MR) is 175 cm³/mol. The molecule has 9 aromatic rings. The Morgan fingerprint density at radius 1 is 0.390 bits per heavy atom. The van der Waals surface area contributed by atoms with Gasteiger partial charge in [-0.05, 0) is 69.8 Å². The minimum Gasteiger partial charge on any atom is -0.344 e. The van der Waals surface area contributed by atoms with Gasteiger partial charge in [-0.2, -0.15) is 0 Å². The van der Waals surface area contributed by atoms with Crippen LogP contribution in [0.4, 0.5) is 0 Å². The van der Waals surface area contributed by atoms with Crippen LogP contribution in [-0.2, 0) is 7.05 Å². The Bertz CT molecular complexity index is 2480. The number of hydrogen-bond donors (Lipinski definition) is 0. The Balaban J connectivity index is 1.31. The van der Waals surface area contributed by atoms with Crippen LogP contribution in [0.5, 0.6) is 0 Å². The lowest BCUT2D eigenvalue weighted by molar-refractivity contribution is 1.01. The summed E-state index contributed by atoms with van der Waals surface area (Å²) in [5, 5.41) is 10.3. The summed E-state index contributed by atoms with van der Waals surface area (Å²) in [6.07, 6.45) is 0. The van der Waals surface area contributed by atoms with Crippen molar-refractivity contribution in [3.8, 4) is 16.8 Å². The van der Waals surface area contributed by atoms with Crippen molar-refractivity contribution >= 4 is 65.2 Å². The SMILES string of the molecule is Cn1c2ccc(-c3ccc4c(c3)c3ccccc3n4-c3cccc4ccccc34)cc2c2c3ccccc3ccc21. The molecule has 0 bridgehead atoms. The molecular weight excluding hydrogens is 496 g/mol. The lowest BCUT2D eigenvalue weighted by atomic mass is 9.99. The molecular formula is C39H26N2. The molecule has 0 aliphatic rings. The van der Waals surface area contributed by atoms with Crippen molar-refractivity contribution in [3.63, 3.8) is 0 Å². The lowest BCUT2D eigenvalue weighted by Gasteiger charge is -2.12. The maximum Gasteiger partial charge on any atom is 0.0541 e. The molecule has 2 nitrogen and oxygen atoms in total. The first kappa shape index (κ1) is 22.5. The number of para-hydroxylation sites is 1. The molecule has 0 aliphatic heterocycles. The monoisotopic (exact) mass is 522 g/mol. The van der Waals surface area contributed by atoms with Crippen molar-refractivity contribution in [1.82, 2.24) is 9.13 Å². The van der Waals surface area contributed by atoms with E-state index in [9.17, 15) is 0 Å². The van der Waals surface area contributed by atoms with Crippen LogP contribution >= 0.6 is 0 Å². The number of rotatable bonds is 2. The third kappa shape index (κ3) is 3.13. The molecule has 2 heteroatoms. The highest BCUT2D eigenvalue weighted by Crippen LogP contribution is 2.39. The van der Waals surface area contributed by atoms with E-state index >= 15 is 0 Å². The third-order valence-electron chi connectivity index (χ3n) is 8.91. The van der Waals surface area contributed by atoms with Crippen molar-refractivity contribution in [2.45, 2.75) is 0 Å². The van der Waals surface area contributed by atoms with Gasteiger partial charge in [0.15, 0.2) is 0 Å². The second-order valence-corrected chi connectivity index (χ2v) is 11.1. The Labute approximate surface area is 237 Å². The van der Waals surface area contributed by atoms with Crippen LogP contribution in [0.15, 0.2) is 140 Å². The molecule has 0 fully saturated rings. The van der Waals surface area contributed by atoms with Crippen LogP contribution in [0.2, 0.25) is 0 Å². The van der Waals surface area contributed by atoms with E-state index in [2.05, 4.69) is 156 Å². The first-order valence-corrected chi connectivity index (χ1v) is 14.2. The third-order valence-corrected chi connectivity index (χ3v) is 8.91. The van der Waals surface area contributed by atoms with Crippen molar-refractivity contribution in [2.24, 2.45) is 7.05 Å². The fourth-order valence-corrected chi connectivity index (χ4v) is 6.98. The zero-order valence-corrected chi connectivity index (χ0v) is 22.7. The Hall–Kier alpha value is -5.34. The van der Waals surface area contributed by atoms with Gasteiger partial charge < -0.3 is 9.13 Å². The molecule has 0 radical (unpaired) electrons. The first-order valence-electron chi connectivity index (χ1n) is 14.2. The minimum absolute atomic E-state index is 1.21. The standard InChI is InChI=1S/C39H26N2/c1-40-34-20-18-28(24-33(34)39-30-13-5-3-10-26(30)17-22-38(39)40)27-19-21-37-32(23-27)31-14-6-7-15-36(31)41(37)35-16-8-11-25-9-2-4-12-29(25)35/h2-24H,1H3. The number of benzene rings is 7. The van der Waals surface area contributed by atoms with Crippen molar-refractivity contribution in [3.05, 3.63) is 140 Å². The second-order valence-electron chi connectivity index (χ2n) is 11.1. The highest BCUT2D eigenvalue weighted by molar-refractivity contribution is 6.21. The fraction of sp³-hybridized carbons (Fsp3) is 0.0256. The Morgan fingerprint density at radius 3 is 1.80 bits per heavy atom. The normalized spacial score (nSPS) is 12.0. The molecule has 7 aromatic carbocycles. The fourth-order valence-electron chi connectivity index (χ4n) is 6.98. The van der Waals surface area contributed by atoms with Crippen LogP contribution in [0.1, 0.15) is 0 Å². The highest BCUT2D eigenvalue weighted by Gasteiger charge is 2.16. The van der Waals surface area contributed by atoms with Crippen molar-refractivity contribution in [1.29, 1.82) is 0 Å². The van der Waals surface area contributed by atoms with Crippen LogP contribution in [0, 0.1) is 0 Å². The summed E-state index contributed by atoms with van der Waals surface area (Å²) >= 11 is 0. The van der Waals surface area contributed by atoms with Crippen LogP contribution in [0.25, 0.3) is 82.0 Å². The summed E-state index contributed by atoms with van der Waals surface area (Å²) in [4.78, 5) is 0. The maximum absolute atomic E-state index is 2.43. The van der Waals surface area contributed by atoms with Crippen molar-refractivity contribution in [2.75, 3.05) is 0 Å². The quantitative estimate of drug-likeness (QED) is 0.214. The van der Waals surface area contributed by atoms with E-state index in [-0.39, 0.29) is 0 Å². The highest BCUT2D eigenvalue weighted by atomic mass is 15.0. The summed E-state index contributed by atoms with van der Waals surface area (Å²) in [5.74, 6) is 0. The summed E-state index contributed by atoms with van der Waals surface area (Å²) < 4.78 is 4.75. The van der Waals surface area contributed by atoms with Crippen LogP contribution in [0.3, 0.4) is 0 Å². The molecule has 192 valence electrons.